The molecule has 0 bridgehead atoms. The Morgan fingerprint density at radius 3 is 2.48 bits per heavy atom. The molecule has 0 aromatic heterocycles. The maximum atomic E-state index is 12.6. The highest BCUT2D eigenvalue weighted by Crippen LogP contribution is 2.26. The molecule has 0 unspecified atom stereocenters. The first-order chi connectivity index (χ1) is 12.9. The van der Waals surface area contributed by atoms with Gasteiger partial charge in [-0.3, -0.25) is 4.79 Å². The van der Waals surface area contributed by atoms with E-state index in [0.717, 1.165) is 38.8 Å². The fourth-order valence-electron chi connectivity index (χ4n) is 3.59. The molecule has 1 aromatic carbocycles. The number of amides is 1. The van der Waals surface area contributed by atoms with Crippen LogP contribution in [0.15, 0.2) is 23.1 Å². The highest BCUT2D eigenvalue weighted by atomic mass is 32.2. The first-order valence-electron chi connectivity index (χ1n) is 9.58. The number of piperidine rings is 1. The van der Waals surface area contributed by atoms with Gasteiger partial charge < -0.3 is 15.0 Å². The average Bonchev–Trinajstić information content (AvgIpc) is 3.18. The molecule has 0 saturated carbocycles. The van der Waals surface area contributed by atoms with Crippen molar-refractivity contribution in [3.05, 3.63) is 23.8 Å². The molecule has 0 spiro atoms. The molecule has 27 heavy (non-hydrogen) atoms. The molecule has 0 aliphatic carbocycles. The molecule has 2 aliphatic rings. The number of ether oxygens (including phenoxy) is 1. The third-order valence-corrected chi connectivity index (χ3v) is 7.19. The number of likely N-dealkylation sites (tertiary alicyclic amines) is 1. The second kappa shape index (κ2) is 8.58. The summed E-state index contributed by atoms with van der Waals surface area (Å²) in [6.45, 7) is 4.86. The van der Waals surface area contributed by atoms with Gasteiger partial charge in [0.1, 0.15) is 5.75 Å². The van der Waals surface area contributed by atoms with Gasteiger partial charge in [0.05, 0.1) is 4.90 Å². The van der Waals surface area contributed by atoms with Gasteiger partial charge in [-0.1, -0.05) is 0 Å². The highest BCUT2D eigenvalue weighted by Gasteiger charge is 2.27. The molecule has 3 rings (SSSR count). The minimum Gasteiger partial charge on any atom is -0.484 e. The Bertz CT molecular complexity index is 767. The monoisotopic (exact) mass is 395 g/mol. The predicted molar refractivity (Wildman–Crippen MR) is 103 cm³/mol. The average molecular weight is 396 g/mol. The number of hydrogen-bond donors (Lipinski definition) is 1. The number of nitrogens with zero attached hydrogens (tertiary/aromatic N) is 2. The third-order valence-electron chi connectivity index (χ3n) is 5.29. The quantitative estimate of drug-likeness (QED) is 0.787. The van der Waals surface area contributed by atoms with E-state index in [1.807, 2.05) is 0 Å². The fraction of sp³-hybridized carbons (Fsp3) is 0.632. The van der Waals surface area contributed by atoms with Crippen LogP contribution in [0.2, 0.25) is 0 Å². The molecular formula is C19H29N3O4S. The number of hydrogen-bond acceptors (Lipinski definition) is 5. The lowest BCUT2D eigenvalue weighted by atomic mass is 10.1. The predicted octanol–water partition coefficient (Wildman–Crippen LogP) is 1.37. The lowest BCUT2D eigenvalue weighted by Crippen LogP contribution is -2.44. The van der Waals surface area contributed by atoms with Crippen LogP contribution in [0.3, 0.4) is 0 Å². The van der Waals surface area contributed by atoms with Gasteiger partial charge >= 0.3 is 0 Å². The van der Waals surface area contributed by atoms with Crippen LogP contribution in [-0.2, 0) is 14.8 Å². The van der Waals surface area contributed by atoms with Crippen LogP contribution in [0.5, 0.6) is 5.75 Å². The van der Waals surface area contributed by atoms with Crippen molar-refractivity contribution < 1.29 is 17.9 Å². The Balaban J connectivity index is 1.55. The van der Waals surface area contributed by atoms with E-state index in [2.05, 4.69) is 17.3 Å². The summed E-state index contributed by atoms with van der Waals surface area (Å²) in [6, 6.07) is 5.02. The van der Waals surface area contributed by atoms with Crippen LogP contribution in [0.25, 0.3) is 0 Å². The SMILES string of the molecule is Cc1cc(S(=O)(=O)N2CCCC2)ccc1OCC(=O)NC1CCN(C)CC1. The number of aryl methyl sites for hydroxylation is 1. The molecule has 1 aromatic rings. The summed E-state index contributed by atoms with van der Waals surface area (Å²) in [5.74, 6) is 0.395. The van der Waals surface area contributed by atoms with Crippen molar-refractivity contribution in [3.63, 3.8) is 0 Å². The molecular weight excluding hydrogens is 366 g/mol. The van der Waals surface area contributed by atoms with Crippen molar-refractivity contribution >= 4 is 15.9 Å². The zero-order chi connectivity index (χ0) is 19.4. The highest BCUT2D eigenvalue weighted by molar-refractivity contribution is 7.89. The summed E-state index contributed by atoms with van der Waals surface area (Å²) >= 11 is 0. The molecule has 1 N–H and O–H groups in total. The summed E-state index contributed by atoms with van der Waals surface area (Å²) in [5, 5.41) is 3.01. The van der Waals surface area contributed by atoms with Crippen LogP contribution in [0.1, 0.15) is 31.2 Å². The molecule has 150 valence electrons. The van der Waals surface area contributed by atoms with Gasteiger partial charge in [-0.25, -0.2) is 8.42 Å². The van der Waals surface area contributed by atoms with Crippen LogP contribution < -0.4 is 10.1 Å². The van der Waals surface area contributed by atoms with Gasteiger partial charge in [-0.2, -0.15) is 4.31 Å². The second-order valence-electron chi connectivity index (χ2n) is 7.47. The van der Waals surface area contributed by atoms with Gasteiger partial charge in [-0.05, 0) is 76.5 Å². The Kier molecular flexibility index (Phi) is 6.39. The number of carbonyl (C=O) groups is 1. The standard InChI is InChI=1S/C19H29N3O4S/c1-15-13-17(27(24,25)22-9-3-4-10-22)5-6-18(15)26-14-19(23)20-16-7-11-21(2)12-8-16/h5-6,13,16H,3-4,7-12,14H2,1-2H3,(H,20,23). The second-order valence-corrected chi connectivity index (χ2v) is 9.41. The number of nitrogens with one attached hydrogen (secondary N) is 1. The van der Waals surface area contributed by atoms with E-state index < -0.39 is 10.0 Å². The summed E-state index contributed by atoms with van der Waals surface area (Å²) in [7, 11) is -1.36. The first kappa shape index (κ1) is 20.1. The van der Waals surface area contributed by atoms with Crippen LogP contribution in [0.4, 0.5) is 0 Å². The van der Waals surface area contributed by atoms with E-state index in [0.29, 0.717) is 24.4 Å². The molecule has 0 radical (unpaired) electrons. The van der Waals surface area contributed by atoms with Gasteiger partial charge in [0, 0.05) is 19.1 Å². The van der Waals surface area contributed by atoms with E-state index in [4.69, 9.17) is 4.74 Å². The molecule has 2 fully saturated rings. The minimum absolute atomic E-state index is 0.0641. The Labute approximate surface area is 161 Å². The van der Waals surface area contributed by atoms with Crippen molar-refractivity contribution in [2.45, 2.75) is 43.5 Å². The number of benzene rings is 1. The molecule has 2 saturated heterocycles. The van der Waals surface area contributed by atoms with Crippen molar-refractivity contribution in [2.75, 3.05) is 39.8 Å². The van der Waals surface area contributed by atoms with E-state index in [1.165, 1.54) is 4.31 Å². The van der Waals surface area contributed by atoms with E-state index in [1.54, 1.807) is 25.1 Å². The van der Waals surface area contributed by atoms with E-state index in [-0.39, 0.29) is 23.5 Å². The molecule has 8 heteroatoms. The fourth-order valence-corrected chi connectivity index (χ4v) is 5.19. The van der Waals surface area contributed by atoms with Crippen LogP contribution in [-0.4, -0.2) is 69.4 Å². The van der Waals surface area contributed by atoms with Gasteiger partial charge in [0.25, 0.3) is 5.91 Å². The molecule has 2 heterocycles. The lowest BCUT2D eigenvalue weighted by molar-refractivity contribution is -0.124. The van der Waals surface area contributed by atoms with Crippen molar-refractivity contribution in [2.24, 2.45) is 0 Å². The van der Waals surface area contributed by atoms with Gasteiger partial charge in [-0.15, -0.1) is 0 Å². The molecule has 7 nitrogen and oxygen atoms in total. The zero-order valence-corrected chi connectivity index (χ0v) is 16.9. The molecule has 2 aliphatic heterocycles. The normalized spacial score (nSPS) is 19.9. The zero-order valence-electron chi connectivity index (χ0n) is 16.1. The summed E-state index contributed by atoms with van der Waals surface area (Å²) < 4.78 is 32.4. The van der Waals surface area contributed by atoms with E-state index in [9.17, 15) is 13.2 Å². The Hall–Kier alpha value is -1.64. The van der Waals surface area contributed by atoms with Gasteiger partial charge in [0.15, 0.2) is 6.61 Å². The Morgan fingerprint density at radius 1 is 1.19 bits per heavy atom. The topological polar surface area (TPSA) is 78.9 Å². The van der Waals surface area contributed by atoms with Gasteiger partial charge in [0.2, 0.25) is 10.0 Å². The third kappa shape index (κ3) is 5.00. The summed E-state index contributed by atoms with van der Waals surface area (Å²) in [4.78, 5) is 14.7. The van der Waals surface area contributed by atoms with E-state index >= 15 is 0 Å². The van der Waals surface area contributed by atoms with Crippen LogP contribution in [0, 0.1) is 6.92 Å². The Morgan fingerprint density at radius 2 is 1.85 bits per heavy atom. The van der Waals surface area contributed by atoms with Crippen molar-refractivity contribution in [3.8, 4) is 5.75 Å². The largest absolute Gasteiger partial charge is 0.484 e. The molecule has 0 atom stereocenters. The maximum absolute atomic E-state index is 12.6. The summed E-state index contributed by atoms with van der Waals surface area (Å²) in [6.07, 6.45) is 3.71. The van der Waals surface area contributed by atoms with Crippen LogP contribution >= 0.6 is 0 Å². The number of rotatable bonds is 6. The number of sulfonamides is 1. The number of carbonyl (C=O) groups excluding carboxylic acids is 1. The van der Waals surface area contributed by atoms with Crippen molar-refractivity contribution in [1.29, 1.82) is 0 Å². The maximum Gasteiger partial charge on any atom is 0.258 e. The lowest BCUT2D eigenvalue weighted by Gasteiger charge is -2.29. The molecule has 1 amide bonds. The minimum atomic E-state index is -3.44. The smallest absolute Gasteiger partial charge is 0.258 e. The summed E-state index contributed by atoms with van der Waals surface area (Å²) in [5.41, 5.74) is 0.711. The van der Waals surface area contributed by atoms with Crippen molar-refractivity contribution in [1.82, 2.24) is 14.5 Å². The first-order valence-corrected chi connectivity index (χ1v) is 11.0.